The number of carbonyl (C=O) groups is 1. The third-order valence-corrected chi connectivity index (χ3v) is 3.19. The lowest BCUT2D eigenvalue weighted by atomic mass is 10.1. The highest BCUT2D eigenvalue weighted by Crippen LogP contribution is 2.17. The molecule has 4 nitrogen and oxygen atoms in total. The highest BCUT2D eigenvalue weighted by molar-refractivity contribution is 5.88. The first-order valence-corrected chi connectivity index (χ1v) is 6.54. The third-order valence-electron chi connectivity index (χ3n) is 3.19. The third kappa shape index (κ3) is 3.58. The van der Waals surface area contributed by atoms with Crippen LogP contribution in [-0.4, -0.2) is 30.6 Å². The van der Waals surface area contributed by atoms with Crippen LogP contribution in [0.15, 0.2) is 30.5 Å². The summed E-state index contributed by atoms with van der Waals surface area (Å²) in [5.41, 5.74) is 2.10. The quantitative estimate of drug-likeness (QED) is 0.837. The van der Waals surface area contributed by atoms with E-state index in [0.29, 0.717) is 13.0 Å². The number of nitrogens with one attached hydrogen (secondary N) is 2. The van der Waals surface area contributed by atoms with E-state index in [2.05, 4.69) is 10.3 Å². The van der Waals surface area contributed by atoms with Crippen LogP contribution in [-0.2, 0) is 16.0 Å². The molecule has 1 heterocycles. The number of aromatic amines is 1. The van der Waals surface area contributed by atoms with E-state index in [0.717, 1.165) is 22.9 Å². The van der Waals surface area contributed by atoms with Gasteiger partial charge >= 0.3 is 0 Å². The Bertz CT molecular complexity index is 548. The van der Waals surface area contributed by atoms with Crippen molar-refractivity contribution in [3.05, 3.63) is 36.0 Å². The van der Waals surface area contributed by atoms with Crippen molar-refractivity contribution in [2.45, 2.75) is 25.8 Å². The predicted octanol–water partition coefficient (Wildman–Crippen LogP) is 2.25. The first-order chi connectivity index (χ1) is 9.20. The molecule has 0 aliphatic carbocycles. The molecule has 4 heteroatoms. The predicted molar refractivity (Wildman–Crippen MR) is 76.1 cm³/mol. The second-order valence-corrected chi connectivity index (χ2v) is 4.79. The Labute approximate surface area is 113 Å². The number of aromatic nitrogens is 1. The van der Waals surface area contributed by atoms with Gasteiger partial charge in [-0.3, -0.25) is 4.79 Å². The van der Waals surface area contributed by atoms with Crippen molar-refractivity contribution in [2.75, 3.05) is 13.7 Å². The van der Waals surface area contributed by atoms with Gasteiger partial charge < -0.3 is 15.0 Å². The molecule has 0 spiro atoms. The van der Waals surface area contributed by atoms with E-state index in [1.807, 2.05) is 37.4 Å². The van der Waals surface area contributed by atoms with Crippen molar-refractivity contribution in [3.63, 3.8) is 0 Å². The van der Waals surface area contributed by atoms with Crippen LogP contribution in [0.1, 0.15) is 18.9 Å². The number of H-pyrrole nitrogens is 1. The van der Waals surface area contributed by atoms with E-state index in [4.69, 9.17) is 4.74 Å². The van der Waals surface area contributed by atoms with Gasteiger partial charge in [0.2, 0.25) is 5.91 Å². The van der Waals surface area contributed by atoms with E-state index in [-0.39, 0.29) is 11.9 Å². The Morgan fingerprint density at radius 3 is 3.00 bits per heavy atom. The normalized spacial score (nSPS) is 12.5. The molecule has 2 rings (SSSR count). The number of hydrogen-bond donors (Lipinski definition) is 2. The van der Waals surface area contributed by atoms with Crippen molar-refractivity contribution in [1.29, 1.82) is 0 Å². The Morgan fingerprint density at radius 1 is 1.42 bits per heavy atom. The fourth-order valence-corrected chi connectivity index (χ4v) is 2.14. The van der Waals surface area contributed by atoms with Crippen molar-refractivity contribution in [1.82, 2.24) is 10.3 Å². The van der Waals surface area contributed by atoms with E-state index in [1.54, 1.807) is 7.11 Å². The maximum absolute atomic E-state index is 12.0. The number of ether oxygens (including phenoxy) is 1. The standard InChI is InChI=1S/C15H20N2O2/c1-11(7-8-19-2)17-15(18)9-12-10-16-14-6-4-3-5-13(12)14/h3-6,10-11,16H,7-9H2,1-2H3,(H,17,18). The summed E-state index contributed by atoms with van der Waals surface area (Å²) in [5.74, 6) is 0.0494. The molecular formula is C15H20N2O2. The Hall–Kier alpha value is -1.81. The molecule has 2 N–H and O–H groups in total. The molecule has 19 heavy (non-hydrogen) atoms. The van der Waals surface area contributed by atoms with Crippen LogP contribution < -0.4 is 5.32 Å². The van der Waals surface area contributed by atoms with Gasteiger partial charge in [0.15, 0.2) is 0 Å². The molecule has 0 aliphatic rings. The van der Waals surface area contributed by atoms with Crippen molar-refractivity contribution in [2.24, 2.45) is 0 Å². The summed E-state index contributed by atoms with van der Waals surface area (Å²) in [6.45, 7) is 2.65. The number of rotatable bonds is 6. The SMILES string of the molecule is COCCC(C)NC(=O)Cc1c[nH]c2ccccc12. The lowest BCUT2D eigenvalue weighted by Crippen LogP contribution is -2.34. The summed E-state index contributed by atoms with van der Waals surface area (Å²) >= 11 is 0. The van der Waals surface area contributed by atoms with Gasteiger partial charge in [-0.1, -0.05) is 18.2 Å². The molecule has 1 unspecified atom stereocenters. The summed E-state index contributed by atoms with van der Waals surface area (Å²) in [7, 11) is 1.67. The molecule has 2 aromatic rings. The largest absolute Gasteiger partial charge is 0.385 e. The first-order valence-electron chi connectivity index (χ1n) is 6.54. The number of fused-ring (bicyclic) bond motifs is 1. The lowest BCUT2D eigenvalue weighted by molar-refractivity contribution is -0.121. The van der Waals surface area contributed by atoms with Gasteiger partial charge in [-0.2, -0.15) is 0 Å². The van der Waals surface area contributed by atoms with Gasteiger partial charge in [0.1, 0.15) is 0 Å². The number of benzene rings is 1. The van der Waals surface area contributed by atoms with Crippen LogP contribution in [0.2, 0.25) is 0 Å². The zero-order valence-corrected chi connectivity index (χ0v) is 11.4. The minimum atomic E-state index is 0.0494. The van der Waals surface area contributed by atoms with E-state index in [1.165, 1.54) is 0 Å². The highest BCUT2D eigenvalue weighted by Gasteiger charge is 2.10. The maximum atomic E-state index is 12.0. The van der Waals surface area contributed by atoms with Crippen LogP contribution in [0.3, 0.4) is 0 Å². The first kappa shape index (κ1) is 13.6. The molecule has 1 aromatic heterocycles. The summed E-state index contributed by atoms with van der Waals surface area (Å²) in [4.78, 5) is 15.1. The minimum Gasteiger partial charge on any atom is -0.385 e. The van der Waals surface area contributed by atoms with Gasteiger partial charge in [-0.25, -0.2) is 0 Å². The van der Waals surface area contributed by atoms with Crippen LogP contribution >= 0.6 is 0 Å². The van der Waals surface area contributed by atoms with Gasteiger partial charge in [-0.05, 0) is 25.0 Å². The highest BCUT2D eigenvalue weighted by atomic mass is 16.5. The zero-order chi connectivity index (χ0) is 13.7. The molecule has 0 saturated heterocycles. The second-order valence-electron chi connectivity index (χ2n) is 4.79. The van der Waals surface area contributed by atoms with Crippen LogP contribution in [0.4, 0.5) is 0 Å². The van der Waals surface area contributed by atoms with Gasteiger partial charge in [0.25, 0.3) is 0 Å². The molecule has 0 fully saturated rings. The summed E-state index contributed by atoms with van der Waals surface area (Å²) in [6.07, 6.45) is 3.14. The van der Waals surface area contributed by atoms with E-state index in [9.17, 15) is 4.79 Å². The maximum Gasteiger partial charge on any atom is 0.224 e. The molecule has 0 saturated carbocycles. The molecular weight excluding hydrogens is 240 g/mol. The number of para-hydroxylation sites is 1. The summed E-state index contributed by atoms with van der Waals surface area (Å²) < 4.78 is 5.00. The Kier molecular flexibility index (Phi) is 4.58. The van der Waals surface area contributed by atoms with Crippen molar-refractivity contribution in [3.8, 4) is 0 Å². The average molecular weight is 260 g/mol. The Morgan fingerprint density at radius 2 is 2.21 bits per heavy atom. The number of amides is 1. The molecule has 0 bridgehead atoms. The van der Waals surface area contributed by atoms with Crippen LogP contribution in [0.25, 0.3) is 10.9 Å². The van der Waals surface area contributed by atoms with Crippen LogP contribution in [0.5, 0.6) is 0 Å². The van der Waals surface area contributed by atoms with E-state index < -0.39 is 0 Å². The second kappa shape index (κ2) is 6.38. The minimum absolute atomic E-state index is 0.0494. The molecule has 0 aliphatic heterocycles. The van der Waals surface area contributed by atoms with Crippen molar-refractivity contribution >= 4 is 16.8 Å². The zero-order valence-electron chi connectivity index (χ0n) is 11.4. The topological polar surface area (TPSA) is 54.1 Å². The molecule has 1 aromatic carbocycles. The number of hydrogen-bond acceptors (Lipinski definition) is 2. The number of methoxy groups -OCH3 is 1. The molecule has 102 valence electrons. The van der Waals surface area contributed by atoms with E-state index >= 15 is 0 Å². The number of carbonyl (C=O) groups excluding carboxylic acids is 1. The van der Waals surface area contributed by atoms with Gasteiger partial charge in [0.05, 0.1) is 6.42 Å². The molecule has 0 radical (unpaired) electrons. The molecule has 1 atom stereocenters. The molecule has 1 amide bonds. The fraction of sp³-hybridized carbons (Fsp3) is 0.400. The smallest absolute Gasteiger partial charge is 0.224 e. The average Bonchev–Trinajstić information content (AvgIpc) is 2.80. The van der Waals surface area contributed by atoms with Gasteiger partial charge in [-0.15, -0.1) is 0 Å². The lowest BCUT2D eigenvalue weighted by Gasteiger charge is -2.13. The summed E-state index contributed by atoms with van der Waals surface area (Å²) in [6, 6.07) is 8.15. The van der Waals surface area contributed by atoms with Crippen molar-refractivity contribution < 1.29 is 9.53 Å². The van der Waals surface area contributed by atoms with Gasteiger partial charge in [0, 0.05) is 36.9 Å². The monoisotopic (exact) mass is 260 g/mol. The summed E-state index contributed by atoms with van der Waals surface area (Å²) in [5, 5.41) is 4.10. The van der Waals surface area contributed by atoms with Crippen LogP contribution in [0, 0.1) is 0 Å². The fourth-order valence-electron chi connectivity index (χ4n) is 2.14. The Balaban J connectivity index is 1.95.